The number of unbranched alkanes of at least 4 members (excludes halogenated alkanes) is 2. The van der Waals surface area contributed by atoms with Crippen LogP contribution >= 0.6 is 0 Å². The van der Waals surface area contributed by atoms with Crippen molar-refractivity contribution in [1.82, 2.24) is 15.1 Å². The Labute approximate surface area is 168 Å². The van der Waals surface area contributed by atoms with Gasteiger partial charge in [-0.1, -0.05) is 42.8 Å². The number of amides is 1. The van der Waals surface area contributed by atoms with E-state index in [1.54, 1.807) is 36.4 Å². The van der Waals surface area contributed by atoms with Gasteiger partial charge in [0.1, 0.15) is 0 Å². The Morgan fingerprint density at radius 3 is 2.38 bits per heavy atom. The number of para-hydroxylation sites is 1. The highest BCUT2D eigenvalue weighted by molar-refractivity contribution is 6.04. The molecule has 0 saturated heterocycles. The zero-order valence-corrected chi connectivity index (χ0v) is 16.3. The van der Waals surface area contributed by atoms with Gasteiger partial charge in [-0.3, -0.25) is 14.4 Å². The summed E-state index contributed by atoms with van der Waals surface area (Å²) < 4.78 is 5.86. The van der Waals surface area contributed by atoms with Crippen molar-refractivity contribution >= 4 is 22.6 Å². The molecule has 0 radical (unpaired) electrons. The summed E-state index contributed by atoms with van der Waals surface area (Å²) in [7, 11) is 1.37. The van der Waals surface area contributed by atoms with Crippen LogP contribution in [0.15, 0.2) is 59.4 Å². The number of ether oxygens (including phenoxy) is 1. The molecular formula is C22H23N3O4. The maximum atomic E-state index is 12.8. The topological polar surface area (TPSA) is 90.3 Å². The normalized spacial score (nSPS) is 10.7. The largest absolute Gasteiger partial charge is 0.469 e. The van der Waals surface area contributed by atoms with E-state index in [2.05, 4.69) is 15.2 Å². The molecular weight excluding hydrogens is 370 g/mol. The van der Waals surface area contributed by atoms with Gasteiger partial charge in [0.25, 0.3) is 11.5 Å². The van der Waals surface area contributed by atoms with Crippen molar-refractivity contribution in [1.29, 1.82) is 0 Å². The van der Waals surface area contributed by atoms with Crippen molar-refractivity contribution < 1.29 is 14.3 Å². The summed E-state index contributed by atoms with van der Waals surface area (Å²) in [6.45, 7) is 0.459. The van der Waals surface area contributed by atoms with Gasteiger partial charge in [-0.2, -0.15) is 9.78 Å². The molecule has 3 rings (SSSR count). The van der Waals surface area contributed by atoms with E-state index in [0.29, 0.717) is 35.8 Å². The summed E-state index contributed by atoms with van der Waals surface area (Å²) in [5.41, 5.74) is 0.532. The molecule has 0 unspecified atom stereocenters. The number of methoxy groups -OCH3 is 1. The monoisotopic (exact) mass is 393 g/mol. The number of fused-ring (bicyclic) bond motifs is 1. The number of benzene rings is 2. The maximum absolute atomic E-state index is 12.8. The second-order valence-corrected chi connectivity index (χ2v) is 6.59. The highest BCUT2D eigenvalue weighted by atomic mass is 16.5. The molecule has 0 spiro atoms. The van der Waals surface area contributed by atoms with Gasteiger partial charge in [0.15, 0.2) is 5.69 Å². The molecule has 2 aromatic carbocycles. The molecule has 0 saturated carbocycles. The summed E-state index contributed by atoms with van der Waals surface area (Å²) in [5, 5.41) is 8.17. The summed E-state index contributed by atoms with van der Waals surface area (Å²) >= 11 is 0. The lowest BCUT2D eigenvalue weighted by atomic mass is 10.1. The summed E-state index contributed by atoms with van der Waals surface area (Å²) in [6, 6.07) is 16.0. The van der Waals surface area contributed by atoms with Crippen LogP contribution in [0.25, 0.3) is 16.5 Å². The van der Waals surface area contributed by atoms with Gasteiger partial charge in [0, 0.05) is 18.4 Å². The lowest BCUT2D eigenvalue weighted by Gasteiger charge is -2.11. The van der Waals surface area contributed by atoms with E-state index in [9.17, 15) is 14.4 Å². The highest BCUT2D eigenvalue weighted by Crippen LogP contribution is 2.15. The van der Waals surface area contributed by atoms with Gasteiger partial charge in [-0.15, -0.1) is 0 Å². The van der Waals surface area contributed by atoms with Crippen molar-refractivity contribution in [2.75, 3.05) is 13.7 Å². The smallest absolute Gasteiger partial charge is 0.305 e. The first-order valence-corrected chi connectivity index (χ1v) is 9.54. The minimum Gasteiger partial charge on any atom is -0.469 e. The number of hydrogen-bond donors (Lipinski definition) is 1. The summed E-state index contributed by atoms with van der Waals surface area (Å²) in [6.07, 6.45) is 2.62. The van der Waals surface area contributed by atoms with Crippen LogP contribution in [-0.2, 0) is 9.53 Å². The first-order valence-electron chi connectivity index (χ1n) is 9.54. The Morgan fingerprint density at radius 1 is 0.966 bits per heavy atom. The molecule has 1 heterocycles. The molecule has 1 N–H and O–H groups in total. The predicted octanol–water partition coefficient (Wildman–Crippen LogP) is 2.85. The van der Waals surface area contributed by atoms with E-state index in [4.69, 9.17) is 0 Å². The molecule has 7 heteroatoms. The molecule has 0 aliphatic carbocycles. The number of nitrogens with zero attached hydrogens (tertiary/aromatic N) is 2. The lowest BCUT2D eigenvalue weighted by Crippen LogP contribution is -2.30. The minimum atomic E-state index is -0.334. The van der Waals surface area contributed by atoms with E-state index >= 15 is 0 Å². The number of aromatic nitrogens is 2. The van der Waals surface area contributed by atoms with E-state index < -0.39 is 0 Å². The Morgan fingerprint density at radius 2 is 1.66 bits per heavy atom. The molecule has 0 fully saturated rings. The lowest BCUT2D eigenvalue weighted by molar-refractivity contribution is -0.140. The van der Waals surface area contributed by atoms with E-state index in [0.717, 1.165) is 12.8 Å². The Hall–Kier alpha value is -3.48. The number of carbonyl (C=O) groups is 2. The molecule has 150 valence electrons. The van der Waals surface area contributed by atoms with Crippen LogP contribution in [0.1, 0.15) is 36.2 Å². The van der Waals surface area contributed by atoms with Crippen LogP contribution in [0.5, 0.6) is 0 Å². The fourth-order valence-corrected chi connectivity index (χ4v) is 3.06. The second kappa shape index (κ2) is 9.64. The Balaban J connectivity index is 1.78. The number of esters is 1. The van der Waals surface area contributed by atoms with Gasteiger partial charge in [0.2, 0.25) is 0 Å². The fraction of sp³-hybridized carbons (Fsp3) is 0.273. The van der Waals surface area contributed by atoms with Gasteiger partial charge in [-0.05, 0) is 31.0 Å². The van der Waals surface area contributed by atoms with E-state index in [1.165, 1.54) is 11.8 Å². The predicted molar refractivity (Wildman–Crippen MR) is 110 cm³/mol. The first kappa shape index (κ1) is 20.3. The zero-order chi connectivity index (χ0) is 20.6. The molecule has 0 aliphatic rings. The van der Waals surface area contributed by atoms with Crippen molar-refractivity contribution in [2.45, 2.75) is 25.7 Å². The third-order valence-corrected chi connectivity index (χ3v) is 4.59. The van der Waals surface area contributed by atoms with Gasteiger partial charge >= 0.3 is 5.97 Å². The molecule has 3 aromatic rings. The number of rotatable bonds is 8. The second-order valence-electron chi connectivity index (χ2n) is 6.59. The van der Waals surface area contributed by atoms with Crippen LogP contribution < -0.4 is 10.9 Å². The Kier molecular flexibility index (Phi) is 6.73. The quantitative estimate of drug-likeness (QED) is 0.469. The molecule has 0 bridgehead atoms. The third-order valence-electron chi connectivity index (χ3n) is 4.59. The van der Waals surface area contributed by atoms with Gasteiger partial charge in [-0.25, -0.2) is 0 Å². The zero-order valence-electron chi connectivity index (χ0n) is 16.3. The number of nitrogens with one attached hydrogen (secondary N) is 1. The maximum Gasteiger partial charge on any atom is 0.305 e. The third kappa shape index (κ3) is 4.87. The van der Waals surface area contributed by atoms with Crippen LogP contribution in [0.2, 0.25) is 0 Å². The van der Waals surface area contributed by atoms with Crippen molar-refractivity contribution in [3.8, 4) is 5.69 Å². The highest BCUT2D eigenvalue weighted by Gasteiger charge is 2.17. The molecule has 0 atom stereocenters. The first-order chi connectivity index (χ1) is 14.1. The molecule has 29 heavy (non-hydrogen) atoms. The Bertz CT molecular complexity index is 1060. The molecule has 1 aromatic heterocycles. The SMILES string of the molecule is COC(=O)CCCCCNC(=O)c1nn(-c2ccccc2)c(=O)c2ccccc12. The summed E-state index contributed by atoms with van der Waals surface area (Å²) in [4.78, 5) is 36.7. The molecule has 1 amide bonds. The minimum absolute atomic E-state index is 0.207. The fourth-order valence-electron chi connectivity index (χ4n) is 3.06. The van der Waals surface area contributed by atoms with Crippen molar-refractivity contribution in [3.05, 3.63) is 70.6 Å². The average molecular weight is 393 g/mol. The van der Waals surface area contributed by atoms with Crippen molar-refractivity contribution in [2.24, 2.45) is 0 Å². The van der Waals surface area contributed by atoms with Crippen LogP contribution in [0.3, 0.4) is 0 Å². The van der Waals surface area contributed by atoms with Crippen LogP contribution in [-0.4, -0.2) is 35.3 Å². The molecule has 7 nitrogen and oxygen atoms in total. The van der Waals surface area contributed by atoms with Crippen LogP contribution in [0, 0.1) is 0 Å². The van der Waals surface area contributed by atoms with Crippen LogP contribution in [0.4, 0.5) is 0 Å². The van der Waals surface area contributed by atoms with Crippen molar-refractivity contribution in [3.63, 3.8) is 0 Å². The average Bonchev–Trinajstić information content (AvgIpc) is 2.76. The van der Waals surface area contributed by atoms with E-state index in [1.807, 2.05) is 18.2 Å². The van der Waals surface area contributed by atoms with E-state index in [-0.39, 0.29) is 23.1 Å². The summed E-state index contributed by atoms with van der Waals surface area (Å²) in [5.74, 6) is -0.563. The molecule has 0 aliphatic heterocycles. The standard InChI is InChI=1S/C22H23N3O4/c1-29-19(26)14-6-3-9-15-23-21(27)20-17-12-7-8-13-18(17)22(28)25(24-20)16-10-4-2-5-11-16/h2,4-5,7-8,10-13H,3,6,9,14-15H2,1H3,(H,23,27). The van der Waals surface area contributed by atoms with Gasteiger partial charge < -0.3 is 10.1 Å². The number of hydrogen-bond acceptors (Lipinski definition) is 5. The number of carbonyl (C=O) groups excluding carboxylic acids is 2. The van der Waals surface area contributed by atoms with Gasteiger partial charge in [0.05, 0.1) is 18.2 Å².